The Morgan fingerprint density at radius 3 is 2.89 bits per heavy atom. The third-order valence-electron chi connectivity index (χ3n) is 3.58. The molecule has 0 aromatic carbocycles. The molecule has 1 atom stereocenters. The van der Waals surface area contributed by atoms with Gasteiger partial charge in [0, 0.05) is 31.9 Å². The molecule has 1 saturated heterocycles. The minimum atomic E-state index is 0.551. The third-order valence-corrected chi connectivity index (χ3v) is 3.58. The van der Waals surface area contributed by atoms with Crippen molar-refractivity contribution >= 4 is 5.82 Å². The van der Waals surface area contributed by atoms with Crippen LogP contribution in [0, 0.1) is 5.92 Å². The third kappa shape index (κ3) is 3.17. The molecule has 0 radical (unpaired) electrons. The molecule has 0 bridgehead atoms. The maximum Gasteiger partial charge on any atom is 0.144 e. The topological polar surface area (TPSA) is 58.3 Å². The average molecular weight is 249 g/mol. The van der Waals surface area contributed by atoms with E-state index < -0.39 is 0 Å². The Morgan fingerprint density at radius 1 is 1.44 bits per heavy atom. The largest absolute Gasteiger partial charge is 0.384 e. The summed E-state index contributed by atoms with van der Waals surface area (Å²) >= 11 is 0. The van der Waals surface area contributed by atoms with E-state index in [1.807, 2.05) is 0 Å². The molecule has 18 heavy (non-hydrogen) atoms. The molecule has 1 unspecified atom stereocenters. The Kier molecular flexibility index (Phi) is 4.14. The lowest BCUT2D eigenvalue weighted by Crippen LogP contribution is -2.53. The fourth-order valence-electron chi connectivity index (χ4n) is 2.49. The van der Waals surface area contributed by atoms with Gasteiger partial charge < -0.3 is 10.6 Å². The van der Waals surface area contributed by atoms with Gasteiger partial charge in [-0.2, -0.15) is 0 Å². The van der Waals surface area contributed by atoms with Crippen molar-refractivity contribution in [2.75, 3.05) is 32.4 Å². The molecule has 0 aliphatic carbocycles. The van der Waals surface area contributed by atoms with E-state index >= 15 is 0 Å². The number of nitrogens with zero attached hydrogens (tertiary/aromatic N) is 4. The van der Waals surface area contributed by atoms with E-state index in [2.05, 4.69) is 40.7 Å². The molecule has 2 heterocycles. The molecule has 1 aliphatic rings. The first-order valence-electron chi connectivity index (χ1n) is 6.56. The number of aromatic nitrogens is 2. The van der Waals surface area contributed by atoms with Gasteiger partial charge >= 0.3 is 0 Å². The SMILES string of the molecule is CC(C)C1CN(C)CCN1Cc1nccc(N)n1. The van der Waals surface area contributed by atoms with Gasteiger partial charge in [0.05, 0.1) is 6.54 Å². The predicted molar refractivity (Wildman–Crippen MR) is 73.0 cm³/mol. The Morgan fingerprint density at radius 2 is 2.22 bits per heavy atom. The van der Waals surface area contributed by atoms with Crippen molar-refractivity contribution in [2.45, 2.75) is 26.4 Å². The van der Waals surface area contributed by atoms with Gasteiger partial charge in [0.25, 0.3) is 0 Å². The van der Waals surface area contributed by atoms with Crippen LogP contribution in [-0.4, -0.2) is 52.5 Å². The summed E-state index contributed by atoms with van der Waals surface area (Å²) in [6.07, 6.45) is 1.73. The van der Waals surface area contributed by atoms with E-state index in [9.17, 15) is 0 Å². The van der Waals surface area contributed by atoms with E-state index in [4.69, 9.17) is 5.73 Å². The normalized spacial score (nSPS) is 22.6. The minimum absolute atomic E-state index is 0.551. The first kappa shape index (κ1) is 13.2. The molecule has 2 rings (SSSR count). The zero-order chi connectivity index (χ0) is 13.1. The lowest BCUT2D eigenvalue weighted by Gasteiger charge is -2.41. The molecular weight excluding hydrogens is 226 g/mol. The van der Waals surface area contributed by atoms with E-state index in [-0.39, 0.29) is 0 Å². The average Bonchev–Trinajstić information content (AvgIpc) is 2.31. The van der Waals surface area contributed by atoms with Crippen LogP contribution in [0.15, 0.2) is 12.3 Å². The summed E-state index contributed by atoms with van der Waals surface area (Å²) in [5, 5.41) is 0. The maximum absolute atomic E-state index is 5.70. The van der Waals surface area contributed by atoms with Crippen LogP contribution in [0.3, 0.4) is 0 Å². The number of hydrogen-bond acceptors (Lipinski definition) is 5. The van der Waals surface area contributed by atoms with Crippen LogP contribution in [0.1, 0.15) is 19.7 Å². The number of hydrogen-bond donors (Lipinski definition) is 1. The van der Waals surface area contributed by atoms with Crippen molar-refractivity contribution in [3.8, 4) is 0 Å². The first-order valence-corrected chi connectivity index (χ1v) is 6.56. The van der Waals surface area contributed by atoms with Crippen molar-refractivity contribution in [1.29, 1.82) is 0 Å². The summed E-state index contributed by atoms with van der Waals surface area (Å²) in [7, 11) is 2.18. The van der Waals surface area contributed by atoms with Gasteiger partial charge in [0.2, 0.25) is 0 Å². The second-order valence-corrected chi connectivity index (χ2v) is 5.44. The quantitative estimate of drug-likeness (QED) is 0.860. The van der Waals surface area contributed by atoms with Crippen LogP contribution >= 0.6 is 0 Å². The summed E-state index contributed by atoms with van der Waals surface area (Å²) in [5.41, 5.74) is 5.70. The molecule has 0 amide bonds. The number of likely N-dealkylation sites (N-methyl/N-ethyl adjacent to an activating group) is 1. The molecule has 1 aliphatic heterocycles. The highest BCUT2D eigenvalue weighted by Crippen LogP contribution is 2.18. The van der Waals surface area contributed by atoms with Crippen molar-refractivity contribution in [3.05, 3.63) is 18.1 Å². The number of piperazine rings is 1. The highest BCUT2D eigenvalue weighted by molar-refractivity contribution is 5.25. The number of nitrogen functional groups attached to an aromatic ring is 1. The van der Waals surface area contributed by atoms with Gasteiger partial charge in [-0.05, 0) is 19.0 Å². The first-order chi connectivity index (χ1) is 8.56. The van der Waals surface area contributed by atoms with Gasteiger partial charge in [0.1, 0.15) is 11.6 Å². The number of nitrogens with two attached hydrogens (primary N) is 1. The van der Waals surface area contributed by atoms with Gasteiger partial charge in [-0.25, -0.2) is 9.97 Å². The highest BCUT2D eigenvalue weighted by atomic mass is 15.3. The van der Waals surface area contributed by atoms with Crippen LogP contribution in [0.2, 0.25) is 0 Å². The zero-order valence-corrected chi connectivity index (χ0v) is 11.5. The van der Waals surface area contributed by atoms with Gasteiger partial charge in [-0.15, -0.1) is 0 Å². The second kappa shape index (κ2) is 5.63. The summed E-state index contributed by atoms with van der Waals surface area (Å²) < 4.78 is 0. The molecule has 0 saturated carbocycles. The van der Waals surface area contributed by atoms with Crippen molar-refractivity contribution in [2.24, 2.45) is 5.92 Å². The Labute approximate surface area is 109 Å². The molecule has 0 spiro atoms. The van der Waals surface area contributed by atoms with Crippen molar-refractivity contribution in [3.63, 3.8) is 0 Å². The highest BCUT2D eigenvalue weighted by Gasteiger charge is 2.28. The van der Waals surface area contributed by atoms with Crippen LogP contribution in [-0.2, 0) is 6.54 Å². The minimum Gasteiger partial charge on any atom is -0.384 e. The summed E-state index contributed by atoms with van der Waals surface area (Å²) in [4.78, 5) is 13.5. The predicted octanol–water partition coefficient (Wildman–Crippen LogP) is 0.831. The summed E-state index contributed by atoms with van der Waals surface area (Å²) in [6, 6.07) is 2.29. The molecule has 1 aromatic heterocycles. The lowest BCUT2D eigenvalue weighted by molar-refractivity contribution is 0.0551. The molecule has 5 heteroatoms. The molecule has 1 aromatic rings. The van der Waals surface area contributed by atoms with E-state index in [0.717, 1.165) is 32.0 Å². The van der Waals surface area contributed by atoms with Crippen LogP contribution in [0.25, 0.3) is 0 Å². The van der Waals surface area contributed by atoms with Crippen LogP contribution in [0.5, 0.6) is 0 Å². The zero-order valence-electron chi connectivity index (χ0n) is 11.5. The Bertz CT molecular complexity index is 393. The number of rotatable bonds is 3. The van der Waals surface area contributed by atoms with Gasteiger partial charge in [0.15, 0.2) is 0 Å². The van der Waals surface area contributed by atoms with E-state index in [1.165, 1.54) is 0 Å². The fourth-order valence-corrected chi connectivity index (χ4v) is 2.49. The van der Waals surface area contributed by atoms with Crippen LogP contribution < -0.4 is 5.73 Å². The maximum atomic E-state index is 5.70. The fraction of sp³-hybridized carbons (Fsp3) is 0.692. The molecular formula is C13H23N5. The number of anilines is 1. The molecule has 100 valence electrons. The van der Waals surface area contributed by atoms with Crippen molar-refractivity contribution < 1.29 is 0 Å². The van der Waals surface area contributed by atoms with Crippen molar-refractivity contribution in [1.82, 2.24) is 19.8 Å². The Balaban J connectivity index is 2.06. The smallest absolute Gasteiger partial charge is 0.144 e. The second-order valence-electron chi connectivity index (χ2n) is 5.44. The van der Waals surface area contributed by atoms with Gasteiger partial charge in [-0.1, -0.05) is 13.8 Å². The van der Waals surface area contributed by atoms with Crippen LogP contribution in [0.4, 0.5) is 5.82 Å². The Hall–Kier alpha value is -1.20. The molecule has 2 N–H and O–H groups in total. The molecule has 5 nitrogen and oxygen atoms in total. The van der Waals surface area contributed by atoms with Gasteiger partial charge in [-0.3, -0.25) is 4.90 Å². The monoisotopic (exact) mass is 249 g/mol. The lowest BCUT2D eigenvalue weighted by atomic mass is 10.00. The van der Waals surface area contributed by atoms with E-state index in [1.54, 1.807) is 12.3 Å². The summed E-state index contributed by atoms with van der Waals surface area (Å²) in [5.74, 6) is 2.01. The molecule has 1 fully saturated rings. The standard InChI is InChI=1S/C13H23N5/c1-10(2)11-8-17(3)6-7-18(11)9-13-15-5-4-12(14)16-13/h4-5,10-11H,6-9H2,1-3H3,(H2,14,15,16). The van der Waals surface area contributed by atoms with E-state index in [0.29, 0.717) is 17.8 Å². The summed E-state index contributed by atoms with van der Waals surface area (Å²) in [6.45, 7) is 8.62.